The van der Waals surface area contributed by atoms with Crippen LogP contribution in [-0.2, 0) is 35.0 Å². The number of nitrogens with one attached hydrogen (secondary N) is 1. The number of benzene rings is 1. The molecule has 0 aromatic heterocycles. The molecular formula is C39H56ClN3O9. The molecule has 2 saturated heterocycles. The molecule has 3 heterocycles. The molecule has 0 radical (unpaired) electrons. The fraction of sp³-hybridized carbons (Fsp3) is 0.615. The number of hydrogen-bond donors (Lipinski definition) is 2. The number of nitrogens with zero attached hydrogens (tertiary/aromatic N) is 2. The normalized spacial score (nSPS) is 32.3. The Hall–Kier alpha value is -3.42. The number of allylic oxidation sites excluding steroid dienone is 4. The topological polar surface area (TPSA) is 139 Å². The van der Waals surface area contributed by atoms with E-state index in [0.29, 0.717) is 35.7 Å². The molecule has 12 nitrogen and oxygen atoms in total. The van der Waals surface area contributed by atoms with E-state index in [0.717, 1.165) is 16.7 Å². The molecular weight excluding hydrogens is 690 g/mol. The van der Waals surface area contributed by atoms with Crippen molar-refractivity contribution in [2.75, 3.05) is 33.2 Å². The Morgan fingerprint density at radius 2 is 1.94 bits per heavy atom. The van der Waals surface area contributed by atoms with Crippen LogP contribution >= 0.6 is 11.6 Å². The summed E-state index contributed by atoms with van der Waals surface area (Å²) in [4.78, 5) is 43.3. The van der Waals surface area contributed by atoms with E-state index in [1.54, 1.807) is 31.1 Å². The van der Waals surface area contributed by atoms with Gasteiger partial charge in [-0.1, -0.05) is 47.9 Å². The van der Waals surface area contributed by atoms with Crippen LogP contribution in [0.15, 0.2) is 48.1 Å². The molecule has 288 valence electrons. The van der Waals surface area contributed by atoms with Crippen LogP contribution in [0.2, 0.25) is 5.02 Å². The number of alkyl carbamates (subject to hydrolysis) is 1. The summed E-state index contributed by atoms with van der Waals surface area (Å²) in [5, 5.41) is 14.6. The summed E-state index contributed by atoms with van der Waals surface area (Å²) in [5.74, 6) is -0.310. The van der Waals surface area contributed by atoms with Crippen LogP contribution < -0.4 is 15.0 Å². The smallest absolute Gasteiger partial charge is 0.409 e. The van der Waals surface area contributed by atoms with Crippen molar-refractivity contribution in [2.45, 2.75) is 122 Å². The van der Waals surface area contributed by atoms with Gasteiger partial charge in [0.1, 0.15) is 28.6 Å². The molecule has 3 amide bonds. The lowest BCUT2D eigenvalue weighted by atomic mass is 9.83. The van der Waals surface area contributed by atoms with Crippen molar-refractivity contribution in [3.8, 4) is 5.75 Å². The maximum absolute atomic E-state index is 14.2. The number of carbonyl (C=O) groups is 3. The third-order valence-corrected chi connectivity index (χ3v) is 11.2. The number of halogens is 1. The predicted octanol–water partition coefficient (Wildman–Crippen LogP) is 5.73. The number of amides is 3. The summed E-state index contributed by atoms with van der Waals surface area (Å²) >= 11 is 6.80. The Labute approximate surface area is 313 Å². The lowest BCUT2D eigenvalue weighted by Crippen LogP contribution is -2.63. The van der Waals surface area contributed by atoms with Gasteiger partial charge in [-0.25, -0.2) is 4.79 Å². The van der Waals surface area contributed by atoms with Gasteiger partial charge in [0.15, 0.2) is 5.72 Å². The van der Waals surface area contributed by atoms with E-state index in [4.69, 9.17) is 35.3 Å². The Morgan fingerprint density at radius 1 is 1.25 bits per heavy atom. The van der Waals surface area contributed by atoms with Crippen molar-refractivity contribution in [1.82, 2.24) is 10.2 Å². The summed E-state index contributed by atoms with van der Waals surface area (Å²) in [6, 6.07) is 3.35. The standard InChI is InChI=1S/C39H56ClN3O9/c1-22(2)15-16-33(44)42(8)25(5)26(6)50-32-20-34(45)43(9)28-18-27(19-29(48-10)35(28)40)17-23(3)13-12-14-31(49-11)39(47)21-30(51-37(46)41-39)24(4)36-38(32,7)52-36/h12-14,18-19,24-26,30-32,36,47H,1,15-17,20-21H2,2-11H3,(H,41,46)/b14-12+,23-13+. The second-order valence-corrected chi connectivity index (χ2v) is 15.2. The van der Waals surface area contributed by atoms with Gasteiger partial charge in [0, 0.05) is 40.0 Å². The van der Waals surface area contributed by atoms with Gasteiger partial charge < -0.3 is 38.6 Å². The monoisotopic (exact) mass is 745 g/mol. The Balaban J connectivity index is 1.75. The molecule has 4 rings (SSSR count). The van der Waals surface area contributed by atoms with Gasteiger partial charge in [-0.15, -0.1) is 6.58 Å². The highest BCUT2D eigenvalue weighted by atomic mass is 35.5. The van der Waals surface area contributed by atoms with E-state index in [-0.39, 0.29) is 30.7 Å². The summed E-state index contributed by atoms with van der Waals surface area (Å²) in [6.07, 6.45) is 2.48. The van der Waals surface area contributed by atoms with E-state index < -0.39 is 53.9 Å². The van der Waals surface area contributed by atoms with Crippen LogP contribution in [0.4, 0.5) is 10.5 Å². The Morgan fingerprint density at radius 3 is 2.58 bits per heavy atom. The number of anilines is 1. The van der Waals surface area contributed by atoms with E-state index in [1.807, 2.05) is 59.8 Å². The number of likely N-dealkylation sites (N-methyl/N-ethyl adjacent to an activating group) is 1. The molecule has 52 heavy (non-hydrogen) atoms. The molecule has 9 unspecified atom stereocenters. The van der Waals surface area contributed by atoms with Crippen LogP contribution in [-0.4, -0.2) is 104 Å². The predicted molar refractivity (Wildman–Crippen MR) is 199 cm³/mol. The van der Waals surface area contributed by atoms with Crippen molar-refractivity contribution >= 4 is 35.2 Å². The summed E-state index contributed by atoms with van der Waals surface area (Å²) in [7, 11) is 6.39. The molecule has 3 aliphatic heterocycles. The number of carbonyl (C=O) groups excluding carboxylic acids is 3. The average molecular weight is 746 g/mol. The molecule has 3 aliphatic rings. The minimum absolute atomic E-state index is 0.0171. The molecule has 2 fully saturated rings. The molecule has 2 N–H and O–H groups in total. The van der Waals surface area contributed by atoms with Gasteiger partial charge in [-0.2, -0.15) is 0 Å². The Bertz CT molecular complexity index is 1580. The molecule has 1 aromatic rings. The molecule has 0 saturated carbocycles. The molecule has 4 bridgehead atoms. The quantitative estimate of drug-likeness (QED) is 0.240. The van der Waals surface area contributed by atoms with Gasteiger partial charge >= 0.3 is 6.09 Å². The zero-order chi connectivity index (χ0) is 38.7. The van der Waals surface area contributed by atoms with Gasteiger partial charge in [0.2, 0.25) is 11.8 Å². The highest BCUT2D eigenvalue weighted by Crippen LogP contribution is 2.49. The van der Waals surface area contributed by atoms with E-state index >= 15 is 0 Å². The van der Waals surface area contributed by atoms with Crippen molar-refractivity contribution in [1.29, 1.82) is 0 Å². The molecule has 0 aliphatic carbocycles. The zero-order valence-corrected chi connectivity index (χ0v) is 32.9. The third-order valence-electron chi connectivity index (χ3n) is 10.8. The number of aliphatic hydroxyl groups is 1. The maximum Gasteiger partial charge on any atom is 0.409 e. The second-order valence-electron chi connectivity index (χ2n) is 14.8. The van der Waals surface area contributed by atoms with E-state index in [2.05, 4.69) is 11.9 Å². The van der Waals surface area contributed by atoms with Crippen LogP contribution in [0.3, 0.4) is 0 Å². The van der Waals surface area contributed by atoms with Gasteiger partial charge in [-0.05, 0) is 65.2 Å². The van der Waals surface area contributed by atoms with Crippen molar-refractivity contribution in [2.24, 2.45) is 5.92 Å². The van der Waals surface area contributed by atoms with Gasteiger partial charge in [0.05, 0.1) is 43.6 Å². The van der Waals surface area contributed by atoms with Crippen molar-refractivity contribution < 1.29 is 43.2 Å². The van der Waals surface area contributed by atoms with Crippen LogP contribution in [0.25, 0.3) is 0 Å². The van der Waals surface area contributed by atoms with Gasteiger partial charge in [-0.3, -0.25) is 14.9 Å². The van der Waals surface area contributed by atoms with Crippen molar-refractivity contribution in [3.63, 3.8) is 0 Å². The number of rotatable bonds is 9. The first-order chi connectivity index (χ1) is 24.3. The van der Waals surface area contributed by atoms with E-state index in [1.165, 1.54) is 19.1 Å². The highest BCUT2D eigenvalue weighted by Gasteiger charge is 2.64. The molecule has 1 aromatic carbocycles. The zero-order valence-electron chi connectivity index (χ0n) is 32.2. The minimum Gasteiger partial charge on any atom is -0.495 e. The van der Waals surface area contributed by atoms with Crippen LogP contribution in [0.1, 0.15) is 72.8 Å². The molecule has 9 atom stereocenters. The lowest BCUT2D eigenvalue weighted by Gasteiger charge is -2.42. The highest BCUT2D eigenvalue weighted by molar-refractivity contribution is 6.35. The fourth-order valence-electron chi connectivity index (χ4n) is 7.04. The number of epoxide rings is 1. The Kier molecular flexibility index (Phi) is 13.3. The maximum atomic E-state index is 14.2. The minimum atomic E-state index is -1.77. The molecule has 0 spiro atoms. The number of hydrogen-bond acceptors (Lipinski definition) is 9. The average Bonchev–Trinajstić information content (AvgIpc) is 3.79. The summed E-state index contributed by atoms with van der Waals surface area (Å²) < 4.78 is 30.1. The first-order valence-electron chi connectivity index (χ1n) is 17.8. The molecule has 13 heteroatoms. The summed E-state index contributed by atoms with van der Waals surface area (Å²) in [5.41, 5.74) is 0.468. The second kappa shape index (κ2) is 16.7. The number of methoxy groups -OCH3 is 2. The number of fused-ring (bicyclic) bond motifs is 5. The van der Waals surface area contributed by atoms with E-state index in [9.17, 15) is 19.5 Å². The van der Waals surface area contributed by atoms with Gasteiger partial charge in [0.25, 0.3) is 0 Å². The van der Waals surface area contributed by atoms with Crippen LogP contribution in [0, 0.1) is 5.92 Å². The van der Waals surface area contributed by atoms with Crippen LogP contribution in [0.5, 0.6) is 5.75 Å². The summed E-state index contributed by atoms with van der Waals surface area (Å²) in [6.45, 7) is 15.3. The first kappa shape index (κ1) is 41.3. The fourth-order valence-corrected chi connectivity index (χ4v) is 7.35. The van der Waals surface area contributed by atoms with Crippen molar-refractivity contribution in [3.05, 3.63) is 58.7 Å². The number of ether oxygens (including phenoxy) is 5. The first-order valence-corrected chi connectivity index (χ1v) is 18.2. The SMILES string of the molecule is C=C(C)CCC(=O)N(C)C(C)C(C)OC1CC(=O)N(C)c2cc(cc(OC)c2Cl)C/C(C)=C/C=C/C(OC)C2(O)CC(OC(=O)N2)C(C)C2OC12C. The lowest BCUT2D eigenvalue weighted by molar-refractivity contribution is -0.142. The third kappa shape index (κ3) is 9.20. The largest absolute Gasteiger partial charge is 0.495 e.